The topological polar surface area (TPSA) is 55.6 Å². The average molecular weight is 283 g/mol. The molecule has 0 spiro atoms. The van der Waals surface area contributed by atoms with Gasteiger partial charge in [-0.1, -0.05) is 30.7 Å². The van der Waals surface area contributed by atoms with Gasteiger partial charge in [0.1, 0.15) is 6.10 Å². The molecule has 5 heteroatoms. The van der Waals surface area contributed by atoms with E-state index in [0.717, 1.165) is 18.1 Å². The number of hydrogen-bond acceptors (Lipinski definition) is 3. The van der Waals surface area contributed by atoms with Crippen molar-refractivity contribution in [1.29, 1.82) is 0 Å². The van der Waals surface area contributed by atoms with Gasteiger partial charge in [-0.05, 0) is 23.6 Å². The second kappa shape index (κ2) is 6.37. The first-order chi connectivity index (χ1) is 9.06. The minimum atomic E-state index is -0.486. The maximum Gasteiger partial charge on any atom is 0.247 e. The van der Waals surface area contributed by atoms with Crippen LogP contribution in [0.5, 0.6) is 0 Å². The van der Waals surface area contributed by atoms with Crippen molar-refractivity contribution in [3.8, 4) is 0 Å². The predicted molar refractivity (Wildman–Crippen MR) is 75.2 cm³/mol. The highest BCUT2D eigenvalue weighted by Crippen LogP contribution is 2.21. The summed E-state index contributed by atoms with van der Waals surface area (Å²) in [5.74, 6) is -0.0366. The fourth-order valence-electron chi connectivity index (χ4n) is 2.35. The Hall–Kier alpha value is -1.10. The van der Waals surface area contributed by atoms with Gasteiger partial charge < -0.3 is 10.5 Å². The van der Waals surface area contributed by atoms with E-state index in [9.17, 15) is 4.79 Å². The molecule has 0 saturated carbocycles. The van der Waals surface area contributed by atoms with Crippen LogP contribution in [0.25, 0.3) is 0 Å². The van der Waals surface area contributed by atoms with Crippen LogP contribution in [0.2, 0.25) is 5.02 Å². The highest BCUT2D eigenvalue weighted by Gasteiger charge is 2.25. The van der Waals surface area contributed by atoms with E-state index < -0.39 is 6.10 Å². The van der Waals surface area contributed by atoms with Crippen molar-refractivity contribution in [2.24, 2.45) is 5.73 Å². The van der Waals surface area contributed by atoms with E-state index in [1.807, 2.05) is 18.2 Å². The molecule has 1 heterocycles. The Morgan fingerprint density at radius 3 is 3.11 bits per heavy atom. The van der Waals surface area contributed by atoms with E-state index in [1.165, 1.54) is 5.56 Å². The molecule has 1 aromatic carbocycles. The first-order valence-corrected chi connectivity index (χ1v) is 6.83. The summed E-state index contributed by atoms with van der Waals surface area (Å²) in [5, 5.41) is 0.751. The molecule has 0 radical (unpaired) electrons. The molecule has 2 atom stereocenters. The largest absolute Gasteiger partial charge is 0.367 e. The van der Waals surface area contributed by atoms with E-state index in [-0.39, 0.29) is 5.91 Å². The molecule has 1 amide bonds. The van der Waals surface area contributed by atoms with E-state index in [0.29, 0.717) is 19.1 Å². The van der Waals surface area contributed by atoms with Crippen molar-refractivity contribution >= 4 is 17.5 Å². The molecule has 1 aromatic rings. The summed E-state index contributed by atoms with van der Waals surface area (Å²) in [5.41, 5.74) is 6.49. The highest BCUT2D eigenvalue weighted by molar-refractivity contribution is 6.30. The van der Waals surface area contributed by atoms with Crippen LogP contribution in [0.1, 0.15) is 18.4 Å². The van der Waals surface area contributed by atoms with Crippen molar-refractivity contribution in [1.82, 2.24) is 4.90 Å². The van der Waals surface area contributed by atoms with Gasteiger partial charge in [0.05, 0.1) is 6.61 Å². The number of nitrogens with two attached hydrogens (primary N) is 1. The Morgan fingerprint density at radius 2 is 2.42 bits per heavy atom. The first-order valence-electron chi connectivity index (χ1n) is 6.45. The summed E-state index contributed by atoms with van der Waals surface area (Å²) in [6, 6.07) is 7.89. The molecule has 0 aliphatic carbocycles. The van der Waals surface area contributed by atoms with Gasteiger partial charge in [0, 0.05) is 24.7 Å². The minimum Gasteiger partial charge on any atom is -0.367 e. The summed E-state index contributed by atoms with van der Waals surface area (Å²) < 4.78 is 5.34. The Balaban J connectivity index is 1.95. The minimum absolute atomic E-state index is 0.352. The average Bonchev–Trinajstić information content (AvgIpc) is 2.39. The van der Waals surface area contributed by atoms with Gasteiger partial charge in [-0.2, -0.15) is 0 Å². The van der Waals surface area contributed by atoms with Crippen LogP contribution in [0.4, 0.5) is 0 Å². The lowest BCUT2D eigenvalue weighted by molar-refractivity contribution is -0.135. The number of carbonyl (C=O) groups excluding carboxylic acids is 1. The fraction of sp³-hybridized carbons (Fsp3) is 0.500. The summed E-state index contributed by atoms with van der Waals surface area (Å²) in [7, 11) is 0. The number of benzene rings is 1. The molecular formula is C14H19ClN2O2. The molecule has 0 bridgehead atoms. The lowest BCUT2D eigenvalue weighted by Gasteiger charge is -2.33. The lowest BCUT2D eigenvalue weighted by atomic mass is 10.0. The van der Waals surface area contributed by atoms with E-state index in [4.69, 9.17) is 22.1 Å². The third-order valence-electron chi connectivity index (χ3n) is 3.42. The zero-order valence-corrected chi connectivity index (χ0v) is 11.8. The van der Waals surface area contributed by atoms with Crippen LogP contribution in [0.15, 0.2) is 24.3 Å². The molecule has 19 heavy (non-hydrogen) atoms. The van der Waals surface area contributed by atoms with Gasteiger partial charge in [-0.15, -0.1) is 0 Å². The number of amides is 1. The van der Waals surface area contributed by atoms with Crippen LogP contribution in [-0.4, -0.2) is 43.2 Å². The van der Waals surface area contributed by atoms with Crippen molar-refractivity contribution in [2.45, 2.75) is 18.9 Å². The van der Waals surface area contributed by atoms with Crippen LogP contribution in [-0.2, 0) is 9.53 Å². The fourth-order valence-corrected chi connectivity index (χ4v) is 2.55. The molecular weight excluding hydrogens is 264 g/mol. The van der Waals surface area contributed by atoms with Crippen LogP contribution >= 0.6 is 11.6 Å². The number of carbonyl (C=O) groups is 1. The number of hydrogen-bond donors (Lipinski definition) is 1. The predicted octanol–water partition coefficient (Wildman–Crippen LogP) is 1.63. The summed E-state index contributed by atoms with van der Waals surface area (Å²) in [6.07, 6.45) is -0.486. The molecule has 4 nitrogen and oxygen atoms in total. The van der Waals surface area contributed by atoms with E-state index in [1.54, 1.807) is 0 Å². The smallest absolute Gasteiger partial charge is 0.247 e. The van der Waals surface area contributed by atoms with E-state index >= 15 is 0 Å². The Morgan fingerprint density at radius 1 is 1.63 bits per heavy atom. The number of primary amides is 1. The standard InChI is InChI=1S/C14H19ClN2O2/c1-10(11-3-2-4-12(15)7-11)8-17-5-6-19-13(9-17)14(16)18/h2-4,7,10,13H,5-6,8-9H2,1H3,(H2,16,18). The van der Waals surface area contributed by atoms with Crippen molar-refractivity contribution in [2.75, 3.05) is 26.2 Å². The molecule has 2 rings (SSSR count). The van der Waals surface area contributed by atoms with Gasteiger partial charge in [-0.25, -0.2) is 0 Å². The van der Waals surface area contributed by atoms with Crippen LogP contribution < -0.4 is 5.73 Å². The van der Waals surface area contributed by atoms with Gasteiger partial charge in [0.25, 0.3) is 0 Å². The maximum absolute atomic E-state index is 11.2. The highest BCUT2D eigenvalue weighted by atomic mass is 35.5. The number of halogens is 1. The second-order valence-corrected chi connectivity index (χ2v) is 5.41. The zero-order valence-electron chi connectivity index (χ0n) is 11.0. The lowest BCUT2D eigenvalue weighted by Crippen LogP contribution is -2.49. The Labute approximate surface area is 118 Å². The molecule has 1 aliphatic rings. The van der Waals surface area contributed by atoms with Gasteiger partial charge in [-0.3, -0.25) is 9.69 Å². The Bertz CT molecular complexity index is 453. The summed E-state index contributed by atoms with van der Waals surface area (Å²) in [6.45, 7) is 4.97. The molecule has 2 unspecified atom stereocenters. The summed E-state index contributed by atoms with van der Waals surface area (Å²) in [4.78, 5) is 13.4. The molecule has 2 N–H and O–H groups in total. The third kappa shape index (κ3) is 3.93. The van der Waals surface area contributed by atoms with Crippen molar-refractivity contribution < 1.29 is 9.53 Å². The number of ether oxygens (including phenoxy) is 1. The van der Waals surface area contributed by atoms with Crippen LogP contribution in [0, 0.1) is 0 Å². The monoisotopic (exact) mass is 282 g/mol. The van der Waals surface area contributed by atoms with Gasteiger partial charge in [0.2, 0.25) is 5.91 Å². The van der Waals surface area contributed by atoms with Crippen molar-refractivity contribution in [3.05, 3.63) is 34.9 Å². The molecule has 104 valence electrons. The molecule has 1 fully saturated rings. The second-order valence-electron chi connectivity index (χ2n) is 4.98. The molecule has 1 aliphatic heterocycles. The number of rotatable bonds is 4. The molecule has 1 saturated heterocycles. The SMILES string of the molecule is CC(CN1CCOC(C(N)=O)C1)c1cccc(Cl)c1. The number of nitrogens with zero attached hydrogens (tertiary/aromatic N) is 1. The van der Waals surface area contributed by atoms with Crippen molar-refractivity contribution in [3.63, 3.8) is 0 Å². The Kier molecular flexibility index (Phi) is 4.80. The van der Waals surface area contributed by atoms with E-state index in [2.05, 4.69) is 17.9 Å². The normalized spacial score (nSPS) is 22.1. The quantitative estimate of drug-likeness (QED) is 0.913. The van der Waals surface area contributed by atoms with Gasteiger partial charge >= 0.3 is 0 Å². The zero-order chi connectivity index (χ0) is 13.8. The van der Waals surface area contributed by atoms with Gasteiger partial charge in [0.15, 0.2) is 0 Å². The maximum atomic E-state index is 11.2. The molecule has 0 aromatic heterocycles. The summed E-state index contributed by atoms with van der Waals surface area (Å²) >= 11 is 6.00. The number of morpholine rings is 1. The first kappa shape index (κ1) is 14.3. The van der Waals surface area contributed by atoms with Crippen LogP contribution in [0.3, 0.4) is 0 Å². The third-order valence-corrected chi connectivity index (χ3v) is 3.65.